The molecule has 5 nitrogen and oxygen atoms in total. The van der Waals surface area contributed by atoms with Gasteiger partial charge in [-0.2, -0.15) is 0 Å². The van der Waals surface area contributed by atoms with Crippen LogP contribution in [0.3, 0.4) is 0 Å². The van der Waals surface area contributed by atoms with Crippen molar-refractivity contribution >= 4 is 11.9 Å². The van der Waals surface area contributed by atoms with Crippen LogP contribution in [0.1, 0.15) is 27.2 Å². The zero-order chi connectivity index (χ0) is 12.4. The maximum Gasteiger partial charge on any atom is 0.332 e. The molecular weight excluding hydrogens is 210 g/mol. The second-order valence-electron chi connectivity index (χ2n) is 3.06. The molecule has 0 saturated heterocycles. The summed E-state index contributed by atoms with van der Waals surface area (Å²) in [6, 6.07) is 0. The van der Waals surface area contributed by atoms with Gasteiger partial charge < -0.3 is 14.8 Å². The van der Waals surface area contributed by atoms with Gasteiger partial charge in [0.1, 0.15) is 0 Å². The van der Waals surface area contributed by atoms with E-state index < -0.39 is 0 Å². The quantitative estimate of drug-likeness (QED) is 0.521. The third-order valence-corrected chi connectivity index (χ3v) is 1.66. The topological polar surface area (TPSA) is 64.6 Å². The van der Waals surface area contributed by atoms with Gasteiger partial charge in [0.05, 0.1) is 19.6 Å². The summed E-state index contributed by atoms with van der Waals surface area (Å²) in [6.45, 7) is 6.43. The van der Waals surface area contributed by atoms with E-state index in [1.165, 1.54) is 6.08 Å². The SMILES string of the molecule is CCOC(=O)/C=C(/C)NCCC(=O)OCC. The minimum atomic E-state index is -0.386. The highest BCUT2D eigenvalue weighted by Gasteiger charge is 2.01. The number of allylic oxidation sites excluding steroid dienone is 1. The fourth-order valence-corrected chi connectivity index (χ4v) is 1.01. The van der Waals surface area contributed by atoms with Crippen molar-refractivity contribution in [2.75, 3.05) is 19.8 Å². The average molecular weight is 229 g/mol. The van der Waals surface area contributed by atoms with Crippen molar-refractivity contribution in [1.82, 2.24) is 5.32 Å². The molecule has 0 aromatic heterocycles. The third-order valence-electron chi connectivity index (χ3n) is 1.66. The second kappa shape index (κ2) is 8.76. The molecule has 1 N–H and O–H groups in total. The van der Waals surface area contributed by atoms with Crippen LogP contribution < -0.4 is 5.32 Å². The molecule has 0 bridgehead atoms. The molecule has 0 amide bonds. The van der Waals surface area contributed by atoms with Crippen molar-refractivity contribution in [3.8, 4) is 0 Å². The van der Waals surface area contributed by atoms with E-state index in [1.54, 1.807) is 20.8 Å². The molecule has 92 valence electrons. The first kappa shape index (κ1) is 14.5. The van der Waals surface area contributed by atoms with Crippen molar-refractivity contribution in [1.29, 1.82) is 0 Å². The van der Waals surface area contributed by atoms with Crippen LogP contribution in [0.5, 0.6) is 0 Å². The van der Waals surface area contributed by atoms with Crippen molar-refractivity contribution in [3.05, 3.63) is 11.8 Å². The number of esters is 2. The van der Waals surface area contributed by atoms with Crippen LogP contribution in [0.25, 0.3) is 0 Å². The number of carbonyl (C=O) groups excluding carboxylic acids is 2. The van der Waals surface area contributed by atoms with E-state index in [-0.39, 0.29) is 18.4 Å². The number of rotatable bonds is 7. The summed E-state index contributed by atoms with van der Waals surface area (Å²) < 4.78 is 9.48. The van der Waals surface area contributed by atoms with E-state index >= 15 is 0 Å². The van der Waals surface area contributed by atoms with Gasteiger partial charge in [-0.25, -0.2) is 4.79 Å². The van der Waals surface area contributed by atoms with E-state index in [2.05, 4.69) is 5.32 Å². The van der Waals surface area contributed by atoms with Crippen molar-refractivity contribution in [2.45, 2.75) is 27.2 Å². The molecule has 16 heavy (non-hydrogen) atoms. The molecule has 0 aliphatic carbocycles. The fraction of sp³-hybridized carbons (Fsp3) is 0.636. The second-order valence-corrected chi connectivity index (χ2v) is 3.06. The lowest BCUT2D eigenvalue weighted by Gasteiger charge is -2.06. The summed E-state index contributed by atoms with van der Waals surface area (Å²) in [4.78, 5) is 22.0. The summed E-state index contributed by atoms with van der Waals surface area (Å²) >= 11 is 0. The Labute approximate surface area is 95.8 Å². The Morgan fingerprint density at radius 1 is 1.19 bits per heavy atom. The van der Waals surface area contributed by atoms with Crippen LogP contribution in [0.15, 0.2) is 11.8 Å². The molecule has 0 rings (SSSR count). The van der Waals surface area contributed by atoms with Gasteiger partial charge in [0, 0.05) is 18.3 Å². The molecule has 0 radical (unpaired) electrons. The zero-order valence-electron chi connectivity index (χ0n) is 10.0. The molecular formula is C11H19NO4. The Hall–Kier alpha value is -1.52. The van der Waals surface area contributed by atoms with Gasteiger partial charge in [-0.3, -0.25) is 4.79 Å². The summed E-state index contributed by atoms with van der Waals surface area (Å²) in [5, 5.41) is 2.92. The predicted octanol–water partition coefficient (Wildman–Crippen LogP) is 0.996. The highest BCUT2D eigenvalue weighted by atomic mass is 16.5. The van der Waals surface area contributed by atoms with Crippen molar-refractivity contribution < 1.29 is 19.1 Å². The summed E-state index contributed by atoms with van der Waals surface area (Å²) in [5.74, 6) is -0.637. The van der Waals surface area contributed by atoms with Gasteiger partial charge in [-0.1, -0.05) is 0 Å². The molecule has 0 unspecified atom stereocenters. The zero-order valence-corrected chi connectivity index (χ0v) is 10.0. The number of hydrogen-bond acceptors (Lipinski definition) is 5. The van der Waals surface area contributed by atoms with E-state index in [1.807, 2.05) is 0 Å². The monoisotopic (exact) mass is 229 g/mol. The molecule has 0 aromatic rings. The maximum absolute atomic E-state index is 11.0. The lowest BCUT2D eigenvalue weighted by atomic mass is 10.4. The molecule has 0 aliphatic rings. The van der Waals surface area contributed by atoms with E-state index in [9.17, 15) is 9.59 Å². The number of hydrogen-bond donors (Lipinski definition) is 1. The Kier molecular flexibility index (Phi) is 7.93. The predicted molar refractivity (Wildman–Crippen MR) is 59.6 cm³/mol. The van der Waals surface area contributed by atoms with Crippen molar-refractivity contribution in [3.63, 3.8) is 0 Å². The van der Waals surface area contributed by atoms with Crippen LogP contribution in [-0.4, -0.2) is 31.7 Å². The smallest absolute Gasteiger partial charge is 0.332 e. The highest BCUT2D eigenvalue weighted by Crippen LogP contribution is 1.91. The lowest BCUT2D eigenvalue weighted by Crippen LogP contribution is -2.18. The lowest BCUT2D eigenvalue weighted by molar-refractivity contribution is -0.143. The van der Waals surface area contributed by atoms with Gasteiger partial charge in [-0.15, -0.1) is 0 Å². The van der Waals surface area contributed by atoms with Gasteiger partial charge >= 0.3 is 11.9 Å². The first-order valence-corrected chi connectivity index (χ1v) is 5.34. The van der Waals surface area contributed by atoms with Crippen molar-refractivity contribution in [2.24, 2.45) is 0 Å². The molecule has 0 heterocycles. The minimum absolute atomic E-state index is 0.251. The van der Waals surface area contributed by atoms with E-state index in [0.29, 0.717) is 25.5 Å². The Morgan fingerprint density at radius 2 is 1.81 bits per heavy atom. The largest absolute Gasteiger partial charge is 0.466 e. The van der Waals surface area contributed by atoms with E-state index in [0.717, 1.165) is 0 Å². The third kappa shape index (κ3) is 7.84. The molecule has 0 atom stereocenters. The van der Waals surface area contributed by atoms with Crippen LogP contribution in [0.4, 0.5) is 0 Å². The Balaban J connectivity index is 3.76. The van der Waals surface area contributed by atoms with E-state index in [4.69, 9.17) is 9.47 Å². The minimum Gasteiger partial charge on any atom is -0.466 e. The van der Waals surface area contributed by atoms with Gasteiger partial charge in [0.15, 0.2) is 0 Å². The molecule has 0 saturated carbocycles. The number of nitrogens with one attached hydrogen (secondary N) is 1. The molecule has 0 aliphatic heterocycles. The normalized spacial score (nSPS) is 10.8. The van der Waals surface area contributed by atoms with Gasteiger partial charge in [0.25, 0.3) is 0 Å². The van der Waals surface area contributed by atoms with Gasteiger partial charge in [0.2, 0.25) is 0 Å². The number of carbonyl (C=O) groups is 2. The van der Waals surface area contributed by atoms with Crippen LogP contribution in [0, 0.1) is 0 Å². The number of ether oxygens (including phenoxy) is 2. The summed E-state index contributed by atoms with van der Waals surface area (Å²) in [6.07, 6.45) is 1.64. The highest BCUT2D eigenvalue weighted by molar-refractivity contribution is 5.82. The molecule has 0 aromatic carbocycles. The Morgan fingerprint density at radius 3 is 2.38 bits per heavy atom. The van der Waals surface area contributed by atoms with Crippen LogP contribution in [-0.2, 0) is 19.1 Å². The first-order chi connectivity index (χ1) is 7.60. The Bertz CT molecular complexity index is 261. The maximum atomic E-state index is 11.0. The molecule has 5 heteroatoms. The average Bonchev–Trinajstić information content (AvgIpc) is 2.18. The van der Waals surface area contributed by atoms with Crippen LogP contribution >= 0.6 is 0 Å². The summed E-state index contributed by atoms with van der Waals surface area (Å²) in [7, 11) is 0. The van der Waals surface area contributed by atoms with Crippen LogP contribution in [0.2, 0.25) is 0 Å². The molecule has 0 spiro atoms. The fourth-order valence-electron chi connectivity index (χ4n) is 1.01. The molecule has 0 fully saturated rings. The standard InChI is InChI=1S/C11H19NO4/c1-4-15-10(13)6-7-12-9(3)8-11(14)16-5-2/h8,12H,4-7H2,1-3H3/b9-8-. The summed E-state index contributed by atoms with van der Waals surface area (Å²) in [5.41, 5.74) is 0.669. The first-order valence-electron chi connectivity index (χ1n) is 5.34. The van der Waals surface area contributed by atoms with Gasteiger partial charge in [-0.05, 0) is 20.8 Å².